The number of nitrogens with one attached hydrogen (secondary N) is 1. The first kappa shape index (κ1) is 21.6. The molecule has 1 atom stereocenters. The zero-order chi connectivity index (χ0) is 18.4. The number of aliphatic hydroxyl groups is 1. The van der Waals surface area contributed by atoms with Gasteiger partial charge in [-0.05, 0) is 24.3 Å². The second-order valence-electron chi connectivity index (χ2n) is 3.87. The van der Waals surface area contributed by atoms with Crippen molar-refractivity contribution in [2.24, 2.45) is 0 Å². The third-order valence-corrected chi connectivity index (χ3v) is 2.46. The Bertz CT molecular complexity index is 580. The van der Waals surface area contributed by atoms with Crippen LogP contribution in [0.1, 0.15) is 21.0 Å². The molecule has 132 valence electrons. The summed E-state index contributed by atoms with van der Waals surface area (Å²) < 4.78 is 18.3. The van der Waals surface area contributed by atoms with Crippen LogP contribution in [0.5, 0.6) is 0 Å². The van der Waals surface area contributed by atoms with E-state index in [-0.39, 0.29) is 6.29 Å². The van der Waals surface area contributed by atoms with Crippen molar-refractivity contribution in [2.75, 3.05) is 6.61 Å². The lowest BCUT2D eigenvalue weighted by atomic mass is 10.4. The molecule has 2 heterocycles. The van der Waals surface area contributed by atoms with Gasteiger partial charge in [0.15, 0.2) is 24.6 Å². The van der Waals surface area contributed by atoms with Crippen molar-refractivity contribution >= 4 is 26.7 Å². The normalized spacial score (nSPS) is 11.1. The summed E-state index contributed by atoms with van der Waals surface area (Å²) >= 11 is 0. The second kappa shape index (κ2) is 12.1. The number of H-pyrrole nitrogens is 1. The van der Waals surface area contributed by atoms with E-state index in [0.717, 1.165) is 6.29 Å². The van der Waals surface area contributed by atoms with Gasteiger partial charge in [-0.15, -0.1) is 0 Å². The fourth-order valence-corrected chi connectivity index (χ4v) is 1.34. The van der Waals surface area contributed by atoms with Crippen molar-refractivity contribution in [3.63, 3.8) is 0 Å². The van der Waals surface area contributed by atoms with Gasteiger partial charge in [0, 0.05) is 6.20 Å². The van der Waals surface area contributed by atoms with Crippen LogP contribution in [0.3, 0.4) is 0 Å². The Hall–Kier alpha value is -2.36. The summed E-state index contributed by atoms with van der Waals surface area (Å²) in [7, 11) is -4.55. The topological polar surface area (TPSA) is 167 Å². The zero-order valence-electron chi connectivity index (χ0n) is 12.2. The molecule has 0 aliphatic carbocycles. The van der Waals surface area contributed by atoms with Crippen LogP contribution >= 0.6 is 7.82 Å². The lowest BCUT2D eigenvalue weighted by molar-refractivity contribution is -0.116. The van der Waals surface area contributed by atoms with Crippen LogP contribution in [-0.4, -0.2) is 51.4 Å². The number of hydrogen-bond donors (Lipinski definition) is 4. The molecular weight excluding hydrogens is 345 g/mol. The highest BCUT2D eigenvalue weighted by Crippen LogP contribution is 2.35. The molecule has 2 aromatic rings. The summed E-state index contributed by atoms with van der Waals surface area (Å²) in [5.41, 5.74) is 0.625. The molecule has 11 heteroatoms. The van der Waals surface area contributed by atoms with E-state index in [4.69, 9.17) is 14.9 Å². The molecular formula is C13H16NO9P. The molecule has 2 rings (SSSR count). The summed E-state index contributed by atoms with van der Waals surface area (Å²) in [6, 6.07) is 6.77. The van der Waals surface area contributed by atoms with Crippen molar-refractivity contribution in [1.82, 2.24) is 4.98 Å². The van der Waals surface area contributed by atoms with Crippen molar-refractivity contribution in [1.29, 1.82) is 0 Å². The maximum Gasteiger partial charge on any atom is 0.469 e. The number of aldehydes is 3. The first-order valence-electron chi connectivity index (χ1n) is 6.23. The lowest BCUT2D eigenvalue weighted by Gasteiger charge is -2.04. The molecule has 0 aromatic carbocycles. The average Bonchev–Trinajstić information content (AvgIpc) is 3.25. The standard InChI is InChI=1S/C5H5NO.C5H4O2.C3H7O6P/c7-4-5-2-1-3-6-5;6-4-5-2-1-3-7-5;4-1-3(5)2-9-10(6,7)8/h1-4,6H;1-4H;1,3,5H,2H2,(H2,6,7,8). The number of carbonyl (C=O) groups is 3. The summed E-state index contributed by atoms with van der Waals surface area (Å²) in [5.74, 6) is 0.375. The van der Waals surface area contributed by atoms with Gasteiger partial charge in [-0.2, -0.15) is 0 Å². The van der Waals surface area contributed by atoms with Gasteiger partial charge in [0.2, 0.25) is 0 Å². The predicted octanol–water partition coefficient (Wildman–Crippen LogP) is 0.575. The molecule has 0 aliphatic heterocycles. The van der Waals surface area contributed by atoms with Crippen LogP contribution in [0.2, 0.25) is 0 Å². The van der Waals surface area contributed by atoms with Gasteiger partial charge in [-0.1, -0.05) is 0 Å². The average molecular weight is 361 g/mol. The third kappa shape index (κ3) is 12.2. The summed E-state index contributed by atoms with van der Waals surface area (Å²) in [6.45, 7) is -0.687. The van der Waals surface area contributed by atoms with Gasteiger partial charge >= 0.3 is 7.82 Å². The van der Waals surface area contributed by atoms with Crippen LogP contribution in [0.15, 0.2) is 41.1 Å². The minimum absolute atomic E-state index is 0.121. The predicted molar refractivity (Wildman–Crippen MR) is 80.3 cm³/mol. The van der Waals surface area contributed by atoms with E-state index in [0.29, 0.717) is 17.7 Å². The highest BCUT2D eigenvalue weighted by atomic mass is 31.2. The van der Waals surface area contributed by atoms with Gasteiger partial charge in [-0.25, -0.2) is 4.57 Å². The van der Waals surface area contributed by atoms with Gasteiger partial charge in [0.25, 0.3) is 0 Å². The number of furan rings is 1. The molecule has 24 heavy (non-hydrogen) atoms. The van der Waals surface area contributed by atoms with Gasteiger partial charge in [-0.3, -0.25) is 14.1 Å². The summed E-state index contributed by atoms with van der Waals surface area (Å²) in [6.07, 6.45) is 3.26. The summed E-state index contributed by atoms with van der Waals surface area (Å²) in [5, 5.41) is 8.38. The Balaban J connectivity index is 0.000000337. The van der Waals surface area contributed by atoms with E-state index >= 15 is 0 Å². The molecule has 2 aromatic heterocycles. The highest BCUT2D eigenvalue weighted by molar-refractivity contribution is 7.46. The largest absolute Gasteiger partial charge is 0.469 e. The molecule has 0 fully saturated rings. The number of aromatic amines is 1. The van der Waals surface area contributed by atoms with Crippen LogP contribution in [0.25, 0.3) is 0 Å². The van der Waals surface area contributed by atoms with Crippen molar-refractivity contribution < 1.29 is 42.8 Å². The van der Waals surface area contributed by atoms with Crippen molar-refractivity contribution in [3.05, 3.63) is 48.2 Å². The van der Waals surface area contributed by atoms with E-state index in [9.17, 15) is 18.9 Å². The molecule has 0 spiro atoms. The molecule has 1 unspecified atom stereocenters. The number of aromatic nitrogens is 1. The number of phosphoric acid groups is 1. The minimum atomic E-state index is -4.55. The Morgan fingerprint density at radius 1 is 1.21 bits per heavy atom. The van der Waals surface area contributed by atoms with E-state index in [1.807, 2.05) is 0 Å². The molecule has 0 amide bonds. The lowest BCUT2D eigenvalue weighted by Crippen LogP contribution is -2.15. The molecule has 10 nitrogen and oxygen atoms in total. The summed E-state index contributed by atoms with van der Waals surface area (Å²) in [4.78, 5) is 48.0. The van der Waals surface area contributed by atoms with E-state index in [1.54, 1.807) is 30.5 Å². The van der Waals surface area contributed by atoms with E-state index in [1.165, 1.54) is 6.26 Å². The Kier molecular flexibility index (Phi) is 10.9. The number of rotatable bonds is 6. The number of hydrogen-bond acceptors (Lipinski definition) is 7. The smallest absolute Gasteiger partial charge is 0.462 e. The van der Waals surface area contributed by atoms with E-state index < -0.39 is 20.5 Å². The first-order valence-corrected chi connectivity index (χ1v) is 7.76. The van der Waals surface area contributed by atoms with Crippen molar-refractivity contribution in [2.45, 2.75) is 6.10 Å². The third-order valence-electron chi connectivity index (χ3n) is 1.98. The molecule has 0 saturated heterocycles. The first-order chi connectivity index (χ1) is 11.3. The fraction of sp³-hybridized carbons (Fsp3) is 0.154. The SMILES string of the molecule is O=CC(O)COP(=O)(O)O.O=Cc1ccc[nH]1.O=Cc1ccco1. The molecule has 0 bridgehead atoms. The van der Waals surface area contributed by atoms with Crippen molar-refractivity contribution in [3.8, 4) is 0 Å². The molecule has 0 aliphatic rings. The van der Waals surface area contributed by atoms with Gasteiger partial charge in [0.05, 0.1) is 18.6 Å². The quantitative estimate of drug-likeness (QED) is 0.425. The Morgan fingerprint density at radius 3 is 2.21 bits per heavy atom. The maximum absolute atomic E-state index is 9.90. The minimum Gasteiger partial charge on any atom is -0.462 e. The van der Waals surface area contributed by atoms with Crippen LogP contribution in [-0.2, 0) is 13.9 Å². The van der Waals surface area contributed by atoms with Gasteiger partial charge < -0.3 is 29.1 Å². The van der Waals surface area contributed by atoms with Crippen LogP contribution < -0.4 is 0 Å². The number of carbonyl (C=O) groups excluding carboxylic acids is 3. The fourth-order valence-electron chi connectivity index (χ4n) is 0.989. The zero-order valence-corrected chi connectivity index (χ0v) is 13.1. The highest BCUT2D eigenvalue weighted by Gasteiger charge is 2.15. The Labute approximate surface area is 136 Å². The number of phosphoric ester groups is 1. The maximum atomic E-state index is 9.90. The molecule has 4 N–H and O–H groups in total. The molecule has 0 saturated carbocycles. The molecule has 0 radical (unpaired) electrons. The van der Waals surface area contributed by atoms with Crippen LogP contribution in [0.4, 0.5) is 0 Å². The van der Waals surface area contributed by atoms with Crippen LogP contribution in [0, 0.1) is 0 Å². The number of aliphatic hydroxyl groups excluding tert-OH is 1. The second-order valence-corrected chi connectivity index (χ2v) is 5.11. The monoisotopic (exact) mass is 361 g/mol. The van der Waals surface area contributed by atoms with E-state index in [2.05, 4.69) is 13.9 Å². The van der Waals surface area contributed by atoms with Gasteiger partial charge in [0.1, 0.15) is 6.10 Å². The Morgan fingerprint density at radius 2 is 1.92 bits per heavy atom.